The Labute approximate surface area is 110 Å². The highest BCUT2D eigenvalue weighted by Crippen LogP contribution is 2.22. The average Bonchev–Trinajstić information content (AvgIpc) is 2.34. The van der Waals surface area contributed by atoms with Gasteiger partial charge in [0.05, 0.1) is 12.1 Å². The molecule has 0 radical (unpaired) electrons. The summed E-state index contributed by atoms with van der Waals surface area (Å²) in [4.78, 5) is 32.2. The SMILES string of the molecule is CCN(CC(=O)NC)c1nc(C)nc(Cl)c1C=O. The monoisotopic (exact) mass is 270 g/mol. The second-order valence-electron chi connectivity index (χ2n) is 3.60. The summed E-state index contributed by atoms with van der Waals surface area (Å²) in [6.07, 6.45) is 0.601. The van der Waals surface area contributed by atoms with Crippen LogP contribution in [0.25, 0.3) is 0 Å². The average molecular weight is 271 g/mol. The van der Waals surface area contributed by atoms with Gasteiger partial charge >= 0.3 is 0 Å². The molecule has 1 N–H and O–H groups in total. The first-order valence-electron chi connectivity index (χ1n) is 5.48. The molecule has 1 aromatic rings. The van der Waals surface area contributed by atoms with Crippen molar-refractivity contribution in [3.8, 4) is 0 Å². The van der Waals surface area contributed by atoms with Crippen molar-refractivity contribution in [2.24, 2.45) is 0 Å². The van der Waals surface area contributed by atoms with Gasteiger partial charge < -0.3 is 10.2 Å². The van der Waals surface area contributed by atoms with Crippen molar-refractivity contribution in [2.45, 2.75) is 13.8 Å². The van der Waals surface area contributed by atoms with E-state index in [1.54, 1.807) is 18.9 Å². The second kappa shape index (κ2) is 6.30. The highest BCUT2D eigenvalue weighted by Gasteiger charge is 2.18. The van der Waals surface area contributed by atoms with Crippen LogP contribution < -0.4 is 10.2 Å². The molecule has 0 saturated heterocycles. The molecular weight excluding hydrogens is 256 g/mol. The van der Waals surface area contributed by atoms with E-state index in [4.69, 9.17) is 11.6 Å². The van der Waals surface area contributed by atoms with Crippen LogP contribution in [0.1, 0.15) is 23.1 Å². The quantitative estimate of drug-likeness (QED) is 0.633. The van der Waals surface area contributed by atoms with E-state index < -0.39 is 0 Å². The van der Waals surface area contributed by atoms with Crippen LogP contribution in [0.2, 0.25) is 5.15 Å². The van der Waals surface area contributed by atoms with Crippen molar-refractivity contribution in [3.05, 3.63) is 16.5 Å². The molecule has 0 atom stereocenters. The number of likely N-dealkylation sites (N-methyl/N-ethyl adjacent to an activating group) is 2. The van der Waals surface area contributed by atoms with Crippen LogP contribution in [-0.2, 0) is 4.79 Å². The van der Waals surface area contributed by atoms with Gasteiger partial charge in [-0.05, 0) is 13.8 Å². The largest absolute Gasteiger partial charge is 0.358 e. The van der Waals surface area contributed by atoms with Crippen molar-refractivity contribution >= 4 is 29.6 Å². The number of nitrogens with one attached hydrogen (secondary N) is 1. The third-order valence-corrected chi connectivity index (χ3v) is 2.69. The highest BCUT2D eigenvalue weighted by molar-refractivity contribution is 6.32. The van der Waals surface area contributed by atoms with Crippen LogP contribution in [0.15, 0.2) is 0 Å². The molecule has 0 aromatic carbocycles. The van der Waals surface area contributed by atoms with Gasteiger partial charge in [0.2, 0.25) is 5.91 Å². The first-order chi connectivity index (χ1) is 8.53. The summed E-state index contributed by atoms with van der Waals surface area (Å²) >= 11 is 5.90. The normalized spacial score (nSPS) is 10.0. The minimum atomic E-state index is -0.166. The van der Waals surface area contributed by atoms with Gasteiger partial charge in [-0.2, -0.15) is 0 Å². The Kier molecular flexibility index (Phi) is 5.03. The van der Waals surface area contributed by atoms with Crippen molar-refractivity contribution in [2.75, 3.05) is 25.0 Å². The molecule has 1 heterocycles. The summed E-state index contributed by atoms with van der Waals surface area (Å²) in [5, 5.41) is 2.62. The van der Waals surface area contributed by atoms with E-state index in [1.165, 1.54) is 0 Å². The molecule has 0 spiro atoms. The third-order valence-electron chi connectivity index (χ3n) is 2.40. The van der Waals surface area contributed by atoms with Gasteiger partial charge in [-0.1, -0.05) is 11.6 Å². The molecule has 18 heavy (non-hydrogen) atoms. The van der Waals surface area contributed by atoms with E-state index in [1.807, 2.05) is 6.92 Å². The molecule has 0 saturated carbocycles. The maximum Gasteiger partial charge on any atom is 0.239 e. The summed E-state index contributed by atoms with van der Waals surface area (Å²) in [5.41, 5.74) is 0.202. The number of hydrogen-bond acceptors (Lipinski definition) is 5. The Bertz CT molecular complexity index is 465. The lowest BCUT2D eigenvalue weighted by Gasteiger charge is -2.22. The number of nitrogens with zero attached hydrogens (tertiary/aromatic N) is 3. The maximum absolute atomic E-state index is 11.4. The molecule has 0 aliphatic heterocycles. The zero-order valence-electron chi connectivity index (χ0n) is 10.5. The van der Waals surface area contributed by atoms with Crippen molar-refractivity contribution < 1.29 is 9.59 Å². The van der Waals surface area contributed by atoms with Crippen molar-refractivity contribution in [1.29, 1.82) is 0 Å². The second-order valence-corrected chi connectivity index (χ2v) is 3.96. The lowest BCUT2D eigenvalue weighted by molar-refractivity contribution is -0.119. The van der Waals surface area contributed by atoms with Gasteiger partial charge in [0.25, 0.3) is 0 Å². The summed E-state index contributed by atoms with van der Waals surface area (Å²) in [7, 11) is 1.55. The number of amides is 1. The van der Waals surface area contributed by atoms with Crippen LogP contribution >= 0.6 is 11.6 Å². The van der Waals surface area contributed by atoms with E-state index in [9.17, 15) is 9.59 Å². The topological polar surface area (TPSA) is 75.2 Å². The molecule has 1 rings (SSSR count). The Morgan fingerprint density at radius 2 is 2.17 bits per heavy atom. The Morgan fingerprint density at radius 3 is 2.67 bits per heavy atom. The molecule has 0 fully saturated rings. The van der Waals surface area contributed by atoms with E-state index in [0.717, 1.165) is 0 Å². The van der Waals surface area contributed by atoms with E-state index in [0.29, 0.717) is 24.5 Å². The molecule has 6 nitrogen and oxygen atoms in total. The number of aromatic nitrogens is 2. The van der Waals surface area contributed by atoms with Gasteiger partial charge in [-0.3, -0.25) is 9.59 Å². The van der Waals surface area contributed by atoms with Crippen LogP contribution in [0.5, 0.6) is 0 Å². The summed E-state index contributed by atoms with van der Waals surface area (Å²) in [6.45, 7) is 4.18. The van der Waals surface area contributed by atoms with Crippen LogP contribution in [0.3, 0.4) is 0 Å². The summed E-state index contributed by atoms with van der Waals surface area (Å²) in [6, 6.07) is 0. The minimum absolute atomic E-state index is 0.0999. The molecule has 0 bridgehead atoms. The lowest BCUT2D eigenvalue weighted by atomic mass is 10.3. The summed E-state index contributed by atoms with van der Waals surface area (Å²) in [5.74, 6) is 0.672. The van der Waals surface area contributed by atoms with Gasteiger partial charge in [-0.25, -0.2) is 9.97 Å². The first kappa shape index (κ1) is 14.4. The number of halogens is 1. The van der Waals surface area contributed by atoms with E-state index in [2.05, 4.69) is 15.3 Å². The standard InChI is InChI=1S/C11H15ClN4O2/c1-4-16(5-9(18)13-3)11-8(6-17)10(12)14-7(2)15-11/h6H,4-5H2,1-3H3,(H,13,18). The zero-order chi connectivity index (χ0) is 13.7. The van der Waals surface area contributed by atoms with Gasteiger partial charge in [0.15, 0.2) is 6.29 Å². The smallest absolute Gasteiger partial charge is 0.239 e. The minimum Gasteiger partial charge on any atom is -0.358 e. The van der Waals surface area contributed by atoms with Crippen molar-refractivity contribution in [1.82, 2.24) is 15.3 Å². The molecule has 1 amide bonds. The number of aldehydes is 1. The van der Waals surface area contributed by atoms with E-state index >= 15 is 0 Å². The fraction of sp³-hybridized carbons (Fsp3) is 0.455. The molecule has 0 aliphatic carbocycles. The molecule has 0 unspecified atom stereocenters. The molecule has 98 valence electrons. The number of carbonyl (C=O) groups excluding carboxylic acids is 2. The van der Waals surface area contributed by atoms with Crippen LogP contribution in [0, 0.1) is 6.92 Å². The van der Waals surface area contributed by atoms with Gasteiger partial charge in [-0.15, -0.1) is 0 Å². The number of anilines is 1. The number of rotatable bonds is 5. The molecular formula is C11H15ClN4O2. The fourth-order valence-corrected chi connectivity index (χ4v) is 1.72. The molecule has 0 aliphatic rings. The fourth-order valence-electron chi connectivity index (χ4n) is 1.46. The van der Waals surface area contributed by atoms with Crippen LogP contribution in [-0.4, -0.2) is 42.3 Å². The molecule has 7 heteroatoms. The maximum atomic E-state index is 11.4. The number of hydrogen-bond donors (Lipinski definition) is 1. The predicted octanol–water partition coefficient (Wildman–Crippen LogP) is 0.823. The van der Waals surface area contributed by atoms with Gasteiger partial charge in [0.1, 0.15) is 16.8 Å². The Morgan fingerprint density at radius 1 is 1.50 bits per heavy atom. The first-order valence-corrected chi connectivity index (χ1v) is 5.86. The Hall–Kier alpha value is -1.69. The van der Waals surface area contributed by atoms with Gasteiger partial charge in [0, 0.05) is 13.6 Å². The zero-order valence-corrected chi connectivity index (χ0v) is 11.3. The third kappa shape index (κ3) is 3.16. The van der Waals surface area contributed by atoms with E-state index in [-0.39, 0.29) is 23.2 Å². The van der Waals surface area contributed by atoms with Crippen molar-refractivity contribution in [3.63, 3.8) is 0 Å². The summed E-state index contributed by atoms with van der Waals surface area (Å²) < 4.78 is 0. The number of carbonyl (C=O) groups is 2. The predicted molar refractivity (Wildman–Crippen MR) is 69.1 cm³/mol. The number of aryl methyl sites for hydroxylation is 1. The van der Waals surface area contributed by atoms with Crippen LogP contribution in [0.4, 0.5) is 5.82 Å². The lowest BCUT2D eigenvalue weighted by Crippen LogP contribution is -2.36. The molecule has 1 aromatic heterocycles. The Balaban J connectivity index is 3.19. The highest BCUT2D eigenvalue weighted by atomic mass is 35.5.